The number of carbonyl (C=O) groups is 1. The number of likely N-dealkylation sites (N-methyl/N-ethyl adjacent to an activating group) is 1. The van der Waals surface area contributed by atoms with E-state index in [1.807, 2.05) is 17.0 Å². The molecule has 5 aliphatic rings. The Kier molecular flexibility index (Phi) is 8.39. The van der Waals surface area contributed by atoms with Gasteiger partial charge in [0.1, 0.15) is 5.75 Å². The van der Waals surface area contributed by atoms with Crippen molar-refractivity contribution in [2.45, 2.75) is 93.8 Å². The molecule has 2 aliphatic carbocycles. The molecule has 222 valence electrons. The molecule has 4 unspecified atom stereocenters. The summed E-state index contributed by atoms with van der Waals surface area (Å²) in [4.78, 5) is 19.2. The zero-order chi connectivity index (χ0) is 28.6. The smallest absolute Gasteiger partial charge is 0.246 e. The van der Waals surface area contributed by atoms with Gasteiger partial charge in [0.05, 0.1) is 31.3 Å². The summed E-state index contributed by atoms with van der Waals surface area (Å²) in [6.07, 6.45) is 10.5. The van der Waals surface area contributed by atoms with E-state index in [-0.39, 0.29) is 35.9 Å². The number of rotatable bonds is 6. The minimum absolute atomic E-state index is 0.0665. The number of phenols is 1. The van der Waals surface area contributed by atoms with E-state index < -0.39 is 0 Å². The molecule has 3 N–H and O–H groups in total. The van der Waals surface area contributed by atoms with Crippen molar-refractivity contribution in [1.29, 1.82) is 5.26 Å². The van der Waals surface area contributed by atoms with Gasteiger partial charge < -0.3 is 19.6 Å². The van der Waals surface area contributed by atoms with E-state index >= 15 is 0 Å². The van der Waals surface area contributed by atoms with E-state index in [9.17, 15) is 15.2 Å². The minimum atomic E-state index is -0.264. The maximum absolute atomic E-state index is 12.6. The molecule has 7 atom stereocenters. The molecular formula is C32H46N6O3. The molecule has 4 fully saturated rings. The lowest BCUT2D eigenvalue weighted by Crippen LogP contribution is -2.72. The summed E-state index contributed by atoms with van der Waals surface area (Å²) in [5.41, 5.74) is 2.80. The molecule has 1 spiro atoms. The second-order valence-electron chi connectivity index (χ2n) is 13.0. The van der Waals surface area contributed by atoms with Gasteiger partial charge in [-0.1, -0.05) is 12.6 Å². The van der Waals surface area contributed by atoms with Crippen molar-refractivity contribution in [2.75, 3.05) is 39.8 Å². The summed E-state index contributed by atoms with van der Waals surface area (Å²) in [5, 5.41) is 27.7. The third-order valence-corrected chi connectivity index (χ3v) is 10.8. The van der Waals surface area contributed by atoms with Crippen LogP contribution in [0.2, 0.25) is 0 Å². The van der Waals surface area contributed by atoms with Crippen molar-refractivity contribution < 1.29 is 14.6 Å². The highest BCUT2D eigenvalue weighted by molar-refractivity contribution is 5.87. The van der Waals surface area contributed by atoms with Crippen LogP contribution in [0, 0.1) is 17.2 Å². The van der Waals surface area contributed by atoms with Crippen LogP contribution >= 0.6 is 0 Å². The van der Waals surface area contributed by atoms with Gasteiger partial charge in [-0.3, -0.25) is 20.3 Å². The van der Waals surface area contributed by atoms with E-state index in [1.54, 1.807) is 0 Å². The Morgan fingerprint density at radius 1 is 1.22 bits per heavy atom. The van der Waals surface area contributed by atoms with Gasteiger partial charge in [0, 0.05) is 37.6 Å². The van der Waals surface area contributed by atoms with E-state index in [0.717, 1.165) is 51.6 Å². The van der Waals surface area contributed by atoms with Crippen LogP contribution in [-0.2, 0) is 21.4 Å². The zero-order valence-electron chi connectivity index (χ0n) is 24.4. The molecule has 6 rings (SSSR count). The number of nitrogens with one attached hydrogen (secondary N) is 2. The molecule has 41 heavy (non-hydrogen) atoms. The van der Waals surface area contributed by atoms with Gasteiger partial charge >= 0.3 is 0 Å². The molecule has 0 aromatic heterocycles. The monoisotopic (exact) mass is 562 g/mol. The van der Waals surface area contributed by atoms with Crippen molar-refractivity contribution in [3.8, 4) is 11.8 Å². The van der Waals surface area contributed by atoms with Crippen LogP contribution in [0.5, 0.6) is 5.75 Å². The number of nitrogens with zero attached hydrogens (tertiary/aromatic N) is 4. The van der Waals surface area contributed by atoms with Gasteiger partial charge in [0.25, 0.3) is 0 Å². The number of phenolic OH excluding ortho intramolecular Hbond substituents is 1. The van der Waals surface area contributed by atoms with Crippen LogP contribution in [0.1, 0.15) is 62.5 Å². The number of hydrogen-bond donors (Lipinski definition) is 3. The molecule has 1 saturated carbocycles. The van der Waals surface area contributed by atoms with Crippen LogP contribution in [-0.4, -0.2) is 96.2 Å². The Labute approximate surface area is 244 Å². The van der Waals surface area contributed by atoms with Crippen molar-refractivity contribution in [2.24, 2.45) is 5.92 Å². The fourth-order valence-corrected chi connectivity index (χ4v) is 8.59. The lowest BCUT2D eigenvalue weighted by Gasteiger charge is -2.56. The van der Waals surface area contributed by atoms with Gasteiger partial charge in [-0.05, 0) is 99.7 Å². The highest BCUT2D eigenvalue weighted by Gasteiger charge is 2.50. The number of aromatic hydroxyl groups is 1. The quantitative estimate of drug-likeness (QED) is 0.455. The first-order valence-corrected chi connectivity index (χ1v) is 15.6. The fraction of sp³-hybridized carbons (Fsp3) is 0.688. The Hall–Kier alpha value is -2.48. The van der Waals surface area contributed by atoms with E-state index in [1.165, 1.54) is 30.0 Å². The summed E-state index contributed by atoms with van der Waals surface area (Å²) in [5.74, 6) is 0.643. The molecule has 3 saturated heterocycles. The fourth-order valence-electron chi connectivity index (χ4n) is 8.59. The Morgan fingerprint density at radius 2 is 2.10 bits per heavy atom. The topological polar surface area (TPSA) is 104 Å². The molecule has 3 heterocycles. The third-order valence-electron chi connectivity index (χ3n) is 10.8. The summed E-state index contributed by atoms with van der Waals surface area (Å²) >= 11 is 0. The van der Waals surface area contributed by atoms with Crippen molar-refractivity contribution in [3.63, 3.8) is 0 Å². The van der Waals surface area contributed by atoms with Crippen LogP contribution in [0.3, 0.4) is 0 Å². The lowest BCUT2D eigenvalue weighted by atomic mass is 9.58. The standard InChI is InChI=1S/C32H46N6O3/c1-3-29(40)38-17-16-37(20-23(38)11-14-33)30-26-10-13-32(12-4-6-22-8-9-25(39)18-27(22)32)19-28(26)34-31(35-30)41-21-24-7-5-15-36(24)2/h3,8-9,18,23-24,26,28,30-31,34-35,39H,1,4-7,10-13,15-17,19-21H2,2H3/t23-,24-,26?,28?,30?,31?,32-/m0/s1. The van der Waals surface area contributed by atoms with Gasteiger partial charge in [-0.25, -0.2) is 0 Å². The average molecular weight is 563 g/mol. The van der Waals surface area contributed by atoms with Crippen molar-refractivity contribution >= 4 is 5.91 Å². The van der Waals surface area contributed by atoms with Crippen LogP contribution < -0.4 is 10.6 Å². The number of hydrogen-bond acceptors (Lipinski definition) is 8. The first kappa shape index (κ1) is 28.6. The third kappa shape index (κ3) is 5.65. The molecule has 9 nitrogen and oxygen atoms in total. The Bertz CT molecular complexity index is 1170. The predicted octanol–water partition coefficient (Wildman–Crippen LogP) is 2.66. The second kappa shape index (κ2) is 12.0. The van der Waals surface area contributed by atoms with Crippen molar-refractivity contribution in [1.82, 2.24) is 25.3 Å². The average Bonchev–Trinajstić information content (AvgIpc) is 3.40. The maximum Gasteiger partial charge on any atom is 0.246 e. The number of likely N-dealkylation sites (tertiary alicyclic amines) is 1. The number of nitriles is 1. The molecule has 0 bridgehead atoms. The van der Waals surface area contributed by atoms with Gasteiger partial charge in [-0.15, -0.1) is 0 Å². The molecule has 1 aromatic carbocycles. The van der Waals surface area contributed by atoms with E-state index in [0.29, 0.717) is 43.8 Å². The molecule has 0 radical (unpaired) electrons. The number of benzene rings is 1. The molecular weight excluding hydrogens is 516 g/mol. The number of ether oxygens (including phenoxy) is 1. The summed E-state index contributed by atoms with van der Waals surface area (Å²) in [6.45, 7) is 7.49. The van der Waals surface area contributed by atoms with Gasteiger partial charge in [0.2, 0.25) is 5.91 Å². The molecule has 3 aliphatic heterocycles. The summed E-state index contributed by atoms with van der Waals surface area (Å²) in [7, 11) is 2.18. The SMILES string of the molecule is C=CC(=O)N1CCN(C2NC(OC[C@@H]3CCCN3C)NC3C[C@]4(CCCc5ccc(O)cc54)CCC32)C[C@@H]1CC#N. The number of carbonyl (C=O) groups excluding carboxylic acids is 1. The number of aryl methyl sites for hydroxylation is 1. The maximum atomic E-state index is 12.6. The largest absolute Gasteiger partial charge is 0.508 e. The normalized spacial score (nSPS) is 36.0. The second-order valence-corrected chi connectivity index (χ2v) is 13.0. The Balaban J connectivity index is 1.25. The number of piperazine rings is 1. The minimum Gasteiger partial charge on any atom is -0.508 e. The number of amides is 1. The van der Waals surface area contributed by atoms with E-state index in [2.05, 4.69) is 46.2 Å². The Morgan fingerprint density at radius 3 is 2.88 bits per heavy atom. The molecule has 1 aromatic rings. The molecule has 1 amide bonds. The van der Waals surface area contributed by atoms with Gasteiger partial charge in [0.15, 0.2) is 6.35 Å². The predicted molar refractivity (Wildman–Crippen MR) is 157 cm³/mol. The zero-order valence-corrected chi connectivity index (χ0v) is 24.4. The van der Waals surface area contributed by atoms with E-state index in [4.69, 9.17) is 4.74 Å². The highest BCUT2D eigenvalue weighted by Crippen LogP contribution is 2.51. The highest BCUT2D eigenvalue weighted by atomic mass is 16.5. The van der Waals surface area contributed by atoms with Gasteiger partial charge in [-0.2, -0.15) is 5.26 Å². The number of fused-ring (bicyclic) bond motifs is 3. The van der Waals surface area contributed by atoms with Crippen LogP contribution in [0.25, 0.3) is 0 Å². The summed E-state index contributed by atoms with van der Waals surface area (Å²) in [6, 6.07) is 8.84. The lowest BCUT2D eigenvalue weighted by molar-refractivity contribution is -0.136. The summed E-state index contributed by atoms with van der Waals surface area (Å²) < 4.78 is 6.56. The first-order chi connectivity index (χ1) is 19.9. The molecule has 9 heteroatoms. The van der Waals surface area contributed by atoms with Crippen molar-refractivity contribution in [3.05, 3.63) is 42.0 Å². The van der Waals surface area contributed by atoms with Crippen LogP contribution in [0.15, 0.2) is 30.9 Å². The first-order valence-electron chi connectivity index (χ1n) is 15.6. The van der Waals surface area contributed by atoms with Crippen LogP contribution in [0.4, 0.5) is 0 Å².